The number of carbonyl (C=O) groups excluding carboxylic acids is 2. The van der Waals surface area contributed by atoms with Gasteiger partial charge in [0.15, 0.2) is 0 Å². The zero-order valence-corrected chi connectivity index (χ0v) is 21.5. The maximum Gasteiger partial charge on any atom is 0.302 e. The van der Waals surface area contributed by atoms with E-state index in [4.69, 9.17) is 9.47 Å². The van der Waals surface area contributed by atoms with Crippen molar-refractivity contribution in [3.63, 3.8) is 0 Å². The Morgan fingerprint density at radius 1 is 0.714 bits per heavy atom. The molecule has 4 aromatic carbocycles. The van der Waals surface area contributed by atoms with E-state index in [1.54, 1.807) is 0 Å². The Bertz CT molecular complexity index is 1100. The number of esters is 2. The minimum atomic E-state index is -0.302. The summed E-state index contributed by atoms with van der Waals surface area (Å²) in [5, 5.41) is 0. The van der Waals surface area contributed by atoms with Crippen LogP contribution in [0.15, 0.2) is 97.1 Å². The molecule has 0 radical (unpaired) electrons. The molecule has 0 saturated carbocycles. The molecule has 4 rings (SSSR count). The van der Waals surface area contributed by atoms with Crippen LogP contribution in [0.2, 0.25) is 0 Å². The summed E-state index contributed by atoms with van der Waals surface area (Å²) in [5.41, 5.74) is 6.34. The van der Waals surface area contributed by atoms with Crippen molar-refractivity contribution in [3.8, 4) is 0 Å². The molecule has 0 fully saturated rings. The van der Waals surface area contributed by atoms with Gasteiger partial charge in [0, 0.05) is 30.9 Å². The summed E-state index contributed by atoms with van der Waals surface area (Å²) >= 11 is 0. The van der Waals surface area contributed by atoms with Crippen molar-refractivity contribution in [1.29, 1.82) is 0 Å². The molecule has 0 aliphatic rings. The molecule has 0 N–H and O–H groups in total. The van der Waals surface area contributed by atoms with Crippen LogP contribution in [0.5, 0.6) is 0 Å². The van der Waals surface area contributed by atoms with Crippen molar-refractivity contribution in [2.45, 2.75) is 39.9 Å². The van der Waals surface area contributed by atoms with Gasteiger partial charge in [-0.05, 0) is 42.2 Å². The summed E-state index contributed by atoms with van der Waals surface area (Å²) in [5.74, 6) is -0.529. The van der Waals surface area contributed by atoms with Gasteiger partial charge in [-0.3, -0.25) is 9.59 Å². The summed E-state index contributed by atoms with van der Waals surface area (Å²) in [6.07, 6.45) is -0.604. The first kappa shape index (κ1) is 27.8. The third-order valence-electron chi connectivity index (χ3n) is 5.49. The Morgan fingerprint density at radius 3 is 1.60 bits per heavy atom. The molecule has 4 aromatic rings. The van der Waals surface area contributed by atoms with Crippen LogP contribution < -0.4 is 0 Å². The third-order valence-corrected chi connectivity index (χ3v) is 5.49. The number of hydrogen-bond acceptors (Lipinski definition) is 4. The molecule has 4 nitrogen and oxygen atoms in total. The van der Waals surface area contributed by atoms with Crippen LogP contribution in [0, 0.1) is 13.8 Å². The molecule has 35 heavy (non-hydrogen) atoms. The van der Waals surface area contributed by atoms with Gasteiger partial charge in [0.1, 0.15) is 6.10 Å². The molecule has 0 spiro atoms. The maximum absolute atomic E-state index is 11.2. The van der Waals surface area contributed by atoms with Crippen LogP contribution in [0.3, 0.4) is 0 Å². The molecule has 0 aromatic heterocycles. The number of ether oxygens (including phenoxy) is 2. The van der Waals surface area contributed by atoms with Crippen molar-refractivity contribution in [2.75, 3.05) is 0 Å². The molecule has 5 heteroatoms. The van der Waals surface area contributed by atoms with Crippen LogP contribution >= 0.6 is 0 Å². The zero-order chi connectivity index (χ0) is 24.5. The molecule has 0 bridgehead atoms. The topological polar surface area (TPSA) is 52.6 Å². The van der Waals surface area contributed by atoms with Crippen LogP contribution in [0.1, 0.15) is 59.4 Å². The van der Waals surface area contributed by atoms with Gasteiger partial charge < -0.3 is 39.3 Å². The Kier molecular flexibility index (Phi) is 10.7. The second-order valence-electron chi connectivity index (χ2n) is 8.13. The number of benzene rings is 2. The summed E-state index contributed by atoms with van der Waals surface area (Å²) in [6.45, 7) is 6.92. The van der Waals surface area contributed by atoms with Crippen LogP contribution in [0.25, 0.3) is 0 Å². The summed E-state index contributed by atoms with van der Waals surface area (Å²) in [7, 11) is 0. The van der Waals surface area contributed by atoms with Crippen molar-refractivity contribution >= 4 is 11.9 Å². The van der Waals surface area contributed by atoms with Gasteiger partial charge in [0.25, 0.3) is 0 Å². The Morgan fingerprint density at radius 2 is 1.14 bits per heavy atom. The Hall–Kier alpha value is -3.40. The summed E-state index contributed by atoms with van der Waals surface area (Å²) < 4.78 is 10.8. The van der Waals surface area contributed by atoms with Crippen molar-refractivity contribution < 1.29 is 36.1 Å². The van der Waals surface area contributed by atoms with Gasteiger partial charge in [-0.1, -0.05) is 48.5 Å². The molecular formula is C30H30FeO4-6. The molecule has 0 saturated heterocycles. The van der Waals surface area contributed by atoms with Gasteiger partial charge >= 0.3 is 11.9 Å². The molecule has 2 atom stereocenters. The van der Waals surface area contributed by atoms with E-state index in [1.165, 1.54) is 13.8 Å². The van der Waals surface area contributed by atoms with Gasteiger partial charge in [0.05, 0.1) is 0 Å². The fraction of sp³-hybridized carbons (Fsp3) is 0.200. The van der Waals surface area contributed by atoms with E-state index in [0.29, 0.717) is 0 Å². The summed E-state index contributed by atoms with van der Waals surface area (Å²) in [4.78, 5) is 22.4. The smallest absolute Gasteiger partial charge is 0.302 e. The SMILES string of the molecule is CC(=O)OC(c1ccccc1C)[c-]1[cH-][cH-][cH-][cH-]1.CC(=O)OC(c1ccccc1C)[c-]1cccc1.[Fe]. The van der Waals surface area contributed by atoms with Crippen molar-refractivity contribution in [2.24, 2.45) is 0 Å². The molecule has 2 unspecified atom stereocenters. The van der Waals surface area contributed by atoms with E-state index in [9.17, 15) is 9.59 Å². The van der Waals surface area contributed by atoms with E-state index in [1.807, 2.05) is 111 Å². The van der Waals surface area contributed by atoms with Crippen molar-refractivity contribution in [3.05, 3.63) is 130 Å². The number of rotatable bonds is 6. The Balaban J connectivity index is 0.000000240. The maximum atomic E-state index is 11.2. The predicted molar refractivity (Wildman–Crippen MR) is 134 cm³/mol. The monoisotopic (exact) mass is 510 g/mol. The number of hydrogen-bond donors (Lipinski definition) is 0. The van der Waals surface area contributed by atoms with E-state index >= 15 is 0 Å². The third kappa shape index (κ3) is 7.81. The molecule has 188 valence electrons. The number of carbonyl (C=O) groups is 2. The van der Waals surface area contributed by atoms with Crippen LogP contribution in [0.4, 0.5) is 0 Å². The fourth-order valence-corrected chi connectivity index (χ4v) is 3.84. The van der Waals surface area contributed by atoms with Crippen LogP contribution in [-0.2, 0) is 36.1 Å². The van der Waals surface area contributed by atoms with Crippen molar-refractivity contribution in [1.82, 2.24) is 0 Å². The Labute approximate surface area is 218 Å². The number of aryl methyl sites for hydroxylation is 2. The van der Waals surface area contributed by atoms with E-state index in [2.05, 4.69) is 0 Å². The minimum Gasteiger partial charge on any atom is -0.747 e. The molecule has 0 heterocycles. The molecular weight excluding hydrogens is 480 g/mol. The molecule has 0 aliphatic carbocycles. The largest absolute Gasteiger partial charge is 0.747 e. The van der Waals surface area contributed by atoms with Gasteiger partial charge in [-0.2, -0.15) is 12.1 Å². The average Bonchev–Trinajstić information content (AvgIpc) is 3.52. The fourth-order valence-electron chi connectivity index (χ4n) is 3.84. The quantitative estimate of drug-likeness (QED) is 0.164. The second-order valence-corrected chi connectivity index (χ2v) is 8.13. The second kappa shape index (κ2) is 13.5. The van der Waals surface area contributed by atoms with E-state index in [-0.39, 0.29) is 41.2 Å². The average molecular weight is 510 g/mol. The summed E-state index contributed by atoms with van der Waals surface area (Å²) in [6, 6.07) is 31.6. The first-order chi connectivity index (χ1) is 16.4. The minimum absolute atomic E-state index is 0. The van der Waals surface area contributed by atoms with Crippen LogP contribution in [-0.4, -0.2) is 11.9 Å². The molecule has 0 aliphatic heterocycles. The standard InChI is InChI=1S/2C15H15O2.Fe/c2*1-11-7-3-6-10-14(11)15(17-12(2)16)13-8-4-5-9-13;/h2*3-10,15H,1-2H3;/q-5;-1;. The first-order valence-electron chi connectivity index (χ1n) is 11.3. The normalized spacial score (nSPS) is 11.8. The first-order valence-corrected chi connectivity index (χ1v) is 11.3. The predicted octanol–water partition coefficient (Wildman–Crippen LogP) is 6.73. The van der Waals surface area contributed by atoms with Gasteiger partial charge in [0.2, 0.25) is 0 Å². The van der Waals surface area contributed by atoms with E-state index in [0.717, 1.165) is 33.4 Å². The van der Waals surface area contributed by atoms with Gasteiger partial charge in [-0.25, -0.2) is 12.1 Å². The molecule has 0 amide bonds. The van der Waals surface area contributed by atoms with Gasteiger partial charge in [-0.15, -0.1) is 5.56 Å². The zero-order valence-electron chi connectivity index (χ0n) is 20.4. The van der Waals surface area contributed by atoms with E-state index < -0.39 is 0 Å².